The summed E-state index contributed by atoms with van der Waals surface area (Å²) in [4.78, 5) is 11.6. The average molecular weight is 274 g/mol. The smallest absolute Gasteiger partial charge is 0.258 e. The fourth-order valence-corrected chi connectivity index (χ4v) is 1.73. The molecule has 0 aliphatic carbocycles. The van der Waals surface area contributed by atoms with Crippen molar-refractivity contribution < 1.29 is 23.4 Å². The molecule has 0 bridgehead atoms. The summed E-state index contributed by atoms with van der Waals surface area (Å²) in [5.74, 6) is -1.37. The number of nitrogens with one attached hydrogen (secondary N) is 2. The SMILES string of the molecule is CS(=O)(=O)NCCNC(=O)c1c(O)cccc1O. The molecule has 0 atom stereocenters. The lowest BCUT2D eigenvalue weighted by molar-refractivity contribution is 0.0949. The molecule has 1 amide bonds. The zero-order chi connectivity index (χ0) is 13.8. The van der Waals surface area contributed by atoms with Crippen LogP contribution in [-0.2, 0) is 10.0 Å². The number of hydrogen-bond donors (Lipinski definition) is 4. The Bertz CT molecular complexity index is 521. The molecule has 0 saturated heterocycles. The van der Waals surface area contributed by atoms with Crippen molar-refractivity contribution in [1.82, 2.24) is 10.0 Å². The molecule has 0 heterocycles. The van der Waals surface area contributed by atoms with Crippen molar-refractivity contribution in [3.63, 3.8) is 0 Å². The van der Waals surface area contributed by atoms with Crippen molar-refractivity contribution in [2.45, 2.75) is 0 Å². The topological polar surface area (TPSA) is 116 Å². The van der Waals surface area contributed by atoms with E-state index in [9.17, 15) is 23.4 Å². The van der Waals surface area contributed by atoms with Gasteiger partial charge in [-0.15, -0.1) is 0 Å². The summed E-state index contributed by atoms with van der Waals surface area (Å²) in [7, 11) is -3.30. The average Bonchev–Trinajstić information content (AvgIpc) is 2.23. The lowest BCUT2D eigenvalue weighted by Crippen LogP contribution is -2.34. The second kappa shape index (κ2) is 5.69. The van der Waals surface area contributed by atoms with Gasteiger partial charge in [0, 0.05) is 13.1 Å². The second-order valence-electron chi connectivity index (χ2n) is 3.59. The number of carbonyl (C=O) groups is 1. The van der Waals surface area contributed by atoms with E-state index >= 15 is 0 Å². The third kappa shape index (κ3) is 4.22. The van der Waals surface area contributed by atoms with Crippen LogP contribution in [0.15, 0.2) is 18.2 Å². The number of rotatable bonds is 5. The first-order valence-electron chi connectivity index (χ1n) is 5.05. The summed E-state index contributed by atoms with van der Waals surface area (Å²) in [6, 6.07) is 3.93. The van der Waals surface area contributed by atoms with Crippen molar-refractivity contribution in [2.24, 2.45) is 0 Å². The van der Waals surface area contributed by atoms with Crippen molar-refractivity contribution in [1.29, 1.82) is 0 Å². The maximum absolute atomic E-state index is 11.6. The van der Waals surface area contributed by atoms with E-state index in [4.69, 9.17) is 0 Å². The Labute approximate surface area is 105 Å². The Morgan fingerprint density at radius 3 is 2.28 bits per heavy atom. The molecule has 1 aromatic carbocycles. The van der Waals surface area contributed by atoms with Crippen molar-refractivity contribution in [3.8, 4) is 11.5 Å². The van der Waals surface area contributed by atoms with E-state index in [-0.39, 0.29) is 30.2 Å². The molecule has 4 N–H and O–H groups in total. The van der Waals surface area contributed by atoms with Crippen LogP contribution in [0.3, 0.4) is 0 Å². The summed E-state index contributed by atoms with van der Waals surface area (Å²) < 4.78 is 23.7. The highest BCUT2D eigenvalue weighted by atomic mass is 32.2. The highest BCUT2D eigenvalue weighted by Crippen LogP contribution is 2.25. The van der Waals surface area contributed by atoms with Gasteiger partial charge in [-0.1, -0.05) is 6.07 Å². The predicted octanol–water partition coefficient (Wildman–Crippen LogP) is -0.623. The third-order valence-electron chi connectivity index (χ3n) is 2.02. The van der Waals surface area contributed by atoms with Crippen molar-refractivity contribution in [3.05, 3.63) is 23.8 Å². The molecule has 8 heteroatoms. The van der Waals surface area contributed by atoms with Gasteiger partial charge in [-0.05, 0) is 12.1 Å². The number of sulfonamides is 1. The fraction of sp³-hybridized carbons (Fsp3) is 0.300. The molecule has 0 aromatic heterocycles. The Morgan fingerprint density at radius 2 is 1.78 bits per heavy atom. The monoisotopic (exact) mass is 274 g/mol. The molecule has 0 spiro atoms. The molecule has 18 heavy (non-hydrogen) atoms. The molecule has 0 unspecified atom stereocenters. The summed E-state index contributed by atoms with van der Waals surface area (Å²) in [5.41, 5.74) is -0.239. The largest absolute Gasteiger partial charge is 0.507 e. The second-order valence-corrected chi connectivity index (χ2v) is 5.43. The molecule has 0 aliphatic heterocycles. The molecular weight excluding hydrogens is 260 g/mol. The zero-order valence-electron chi connectivity index (χ0n) is 9.67. The predicted molar refractivity (Wildman–Crippen MR) is 65.0 cm³/mol. The van der Waals surface area contributed by atoms with Crippen LogP contribution in [0.2, 0.25) is 0 Å². The Balaban J connectivity index is 2.56. The standard InChI is InChI=1S/C10H14N2O5S/c1-18(16,17)12-6-5-11-10(15)9-7(13)3-2-4-8(9)14/h2-4,12-14H,5-6H2,1H3,(H,11,15). The van der Waals surface area contributed by atoms with E-state index in [0.29, 0.717) is 0 Å². The van der Waals surface area contributed by atoms with Crippen LogP contribution in [0.1, 0.15) is 10.4 Å². The van der Waals surface area contributed by atoms with Crippen LogP contribution in [0.25, 0.3) is 0 Å². The van der Waals surface area contributed by atoms with E-state index < -0.39 is 15.9 Å². The quantitative estimate of drug-likeness (QED) is 0.534. The molecule has 0 saturated carbocycles. The number of amides is 1. The van der Waals surface area contributed by atoms with E-state index in [1.165, 1.54) is 18.2 Å². The molecule has 0 fully saturated rings. The van der Waals surface area contributed by atoms with Gasteiger partial charge in [0.05, 0.1) is 6.26 Å². The Kier molecular flexibility index (Phi) is 4.51. The summed E-state index contributed by atoms with van der Waals surface area (Å²) >= 11 is 0. The number of phenols is 2. The Hall–Kier alpha value is -1.80. The van der Waals surface area contributed by atoms with Gasteiger partial charge in [-0.25, -0.2) is 13.1 Å². The summed E-state index contributed by atoms with van der Waals surface area (Å²) in [6.07, 6.45) is 1.00. The Morgan fingerprint density at radius 1 is 1.22 bits per heavy atom. The van der Waals surface area contributed by atoms with E-state index in [0.717, 1.165) is 6.26 Å². The maximum atomic E-state index is 11.6. The number of carbonyl (C=O) groups excluding carboxylic acids is 1. The molecule has 7 nitrogen and oxygen atoms in total. The highest BCUT2D eigenvalue weighted by Gasteiger charge is 2.15. The lowest BCUT2D eigenvalue weighted by atomic mass is 10.1. The maximum Gasteiger partial charge on any atom is 0.258 e. The van der Waals surface area contributed by atoms with Gasteiger partial charge in [0.2, 0.25) is 10.0 Å². The van der Waals surface area contributed by atoms with Gasteiger partial charge in [0.25, 0.3) is 5.91 Å². The normalized spacial score (nSPS) is 11.2. The number of aromatic hydroxyl groups is 2. The fourth-order valence-electron chi connectivity index (χ4n) is 1.26. The molecular formula is C10H14N2O5S. The number of benzene rings is 1. The van der Waals surface area contributed by atoms with Gasteiger partial charge in [-0.3, -0.25) is 4.79 Å². The lowest BCUT2D eigenvalue weighted by Gasteiger charge is -2.08. The third-order valence-corrected chi connectivity index (χ3v) is 2.75. The number of phenolic OH excluding ortho intramolecular Hbond substituents is 2. The van der Waals surface area contributed by atoms with Crippen LogP contribution in [0, 0.1) is 0 Å². The molecule has 1 rings (SSSR count). The summed E-state index contributed by atoms with van der Waals surface area (Å²) in [5, 5.41) is 21.2. The van der Waals surface area contributed by atoms with Crippen molar-refractivity contribution in [2.75, 3.05) is 19.3 Å². The minimum absolute atomic E-state index is 0.0267. The minimum atomic E-state index is -3.30. The van der Waals surface area contributed by atoms with Crippen LogP contribution < -0.4 is 10.0 Å². The zero-order valence-corrected chi connectivity index (χ0v) is 10.5. The van der Waals surface area contributed by atoms with Gasteiger partial charge < -0.3 is 15.5 Å². The highest BCUT2D eigenvalue weighted by molar-refractivity contribution is 7.88. The van der Waals surface area contributed by atoms with Crippen LogP contribution in [0.5, 0.6) is 11.5 Å². The van der Waals surface area contributed by atoms with E-state index in [1.807, 2.05) is 0 Å². The van der Waals surface area contributed by atoms with E-state index in [1.54, 1.807) is 0 Å². The van der Waals surface area contributed by atoms with Gasteiger partial charge in [-0.2, -0.15) is 0 Å². The molecule has 0 aliphatic rings. The molecule has 100 valence electrons. The first-order valence-corrected chi connectivity index (χ1v) is 6.94. The minimum Gasteiger partial charge on any atom is -0.507 e. The van der Waals surface area contributed by atoms with Crippen LogP contribution in [0.4, 0.5) is 0 Å². The first kappa shape index (κ1) is 14.3. The van der Waals surface area contributed by atoms with Crippen molar-refractivity contribution >= 4 is 15.9 Å². The summed E-state index contributed by atoms with van der Waals surface area (Å²) in [6.45, 7) is 0.0681. The van der Waals surface area contributed by atoms with E-state index in [2.05, 4.69) is 10.0 Å². The van der Waals surface area contributed by atoms with Crippen LogP contribution >= 0.6 is 0 Å². The van der Waals surface area contributed by atoms with Gasteiger partial charge in [0.15, 0.2) is 0 Å². The number of hydrogen-bond acceptors (Lipinski definition) is 5. The molecule has 0 radical (unpaired) electrons. The van der Waals surface area contributed by atoms with Crippen LogP contribution in [-0.4, -0.2) is 43.9 Å². The van der Waals surface area contributed by atoms with Gasteiger partial charge >= 0.3 is 0 Å². The van der Waals surface area contributed by atoms with Gasteiger partial charge in [0.1, 0.15) is 17.1 Å². The first-order chi connectivity index (χ1) is 8.31. The molecule has 1 aromatic rings.